The van der Waals surface area contributed by atoms with Gasteiger partial charge in [0.1, 0.15) is 5.78 Å². The largest absolute Gasteiger partial charge is 0.305 e. The Balaban J connectivity index is 2.58. The molecule has 3 unspecified atom stereocenters. The summed E-state index contributed by atoms with van der Waals surface area (Å²) in [5.74, 6) is 0.934. The summed E-state index contributed by atoms with van der Waals surface area (Å²) in [5, 5.41) is 0. The summed E-state index contributed by atoms with van der Waals surface area (Å²) < 4.78 is 0. The fraction of sp³-hybridized carbons (Fsp3) is 0.909. The lowest BCUT2D eigenvalue weighted by Gasteiger charge is -2.24. The van der Waals surface area contributed by atoms with Crippen LogP contribution in [0.15, 0.2) is 0 Å². The molecule has 1 aliphatic rings. The number of ketones is 1. The molecular formula is C11H22N2O. The van der Waals surface area contributed by atoms with E-state index in [1.165, 1.54) is 0 Å². The van der Waals surface area contributed by atoms with Crippen molar-refractivity contribution in [2.24, 2.45) is 5.92 Å². The minimum atomic E-state index is 0.0856. The molecule has 0 radical (unpaired) electrons. The molecule has 0 aromatic carbocycles. The van der Waals surface area contributed by atoms with Gasteiger partial charge in [0.2, 0.25) is 0 Å². The SMILES string of the molecule is CC(=O)C(C)N1CC(C)C(N(C)C)C1. The Hall–Kier alpha value is -0.410. The van der Waals surface area contributed by atoms with Crippen LogP contribution in [-0.2, 0) is 4.79 Å². The molecule has 1 fully saturated rings. The van der Waals surface area contributed by atoms with Crippen molar-refractivity contribution in [2.75, 3.05) is 27.2 Å². The molecule has 3 atom stereocenters. The van der Waals surface area contributed by atoms with E-state index in [1.807, 2.05) is 6.92 Å². The lowest BCUT2D eigenvalue weighted by Crippen LogP contribution is -2.39. The molecule has 0 aromatic heterocycles. The summed E-state index contributed by atoms with van der Waals surface area (Å²) in [6, 6.07) is 0.680. The van der Waals surface area contributed by atoms with Crippen LogP contribution in [0.5, 0.6) is 0 Å². The Labute approximate surface area is 87.1 Å². The zero-order chi connectivity index (χ0) is 10.9. The Morgan fingerprint density at radius 1 is 1.43 bits per heavy atom. The number of carbonyl (C=O) groups excluding carboxylic acids is 1. The van der Waals surface area contributed by atoms with Crippen LogP contribution in [0.3, 0.4) is 0 Å². The number of hydrogen-bond donors (Lipinski definition) is 0. The van der Waals surface area contributed by atoms with Gasteiger partial charge >= 0.3 is 0 Å². The minimum Gasteiger partial charge on any atom is -0.305 e. The van der Waals surface area contributed by atoms with Crippen molar-refractivity contribution < 1.29 is 4.79 Å². The van der Waals surface area contributed by atoms with Crippen molar-refractivity contribution in [1.82, 2.24) is 9.80 Å². The first kappa shape index (κ1) is 11.7. The molecule has 1 heterocycles. The summed E-state index contributed by atoms with van der Waals surface area (Å²) in [6.45, 7) is 8.02. The Bertz CT molecular complexity index is 215. The average Bonchev–Trinajstić information content (AvgIpc) is 2.45. The van der Waals surface area contributed by atoms with E-state index in [-0.39, 0.29) is 11.8 Å². The number of carbonyl (C=O) groups is 1. The van der Waals surface area contributed by atoms with Crippen LogP contribution in [0.2, 0.25) is 0 Å². The molecular weight excluding hydrogens is 176 g/mol. The van der Waals surface area contributed by atoms with Crippen LogP contribution < -0.4 is 0 Å². The molecule has 0 aliphatic carbocycles. The summed E-state index contributed by atoms with van der Waals surface area (Å²) >= 11 is 0. The van der Waals surface area contributed by atoms with E-state index < -0.39 is 0 Å². The van der Waals surface area contributed by atoms with Crippen molar-refractivity contribution >= 4 is 5.78 Å². The summed E-state index contributed by atoms with van der Waals surface area (Å²) in [5.41, 5.74) is 0. The maximum Gasteiger partial charge on any atom is 0.146 e. The van der Waals surface area contributed by atoms with Crippen LogP contribution >= 0.6 is 0 Å². The van der Waals surface area contributed by atoms with Crippen molar-refractivity contribution in [3.63, 3.8) is 0 Å². The van der Waals surface area contributed by atoms with Crippen LogP contribution in [-0.4, -0.2) is 54.9 Å². The molecule has 14 heavy (non-hydrogen) atoms. The predicted molar refractivity (Wildman–Crippen MR) is 58.4 cm³/mol. The third-order valence-corrected chi connectivity index (χ3v) is 3.40. The lowest BCUT2D eigenvalue weighted by atomic mass is 10.1. The first-order chi connectivity index (χ1) is 6.43. The number of Topliss-reactive ketones (excluding diaryl/α,β-unsaturated/α-hetero) is 1. The third kappa shape index (κ3) is 2.34. The summed E-state index contributed by atoms with van der Waals surface area (Å²) in [6.07, 6.45) is 0. The van der Waals surface area contributed by atoms with Gasteiger partial charge in [-0.2, -0.15) is 0 Å². The summed E-state index contributed by atoms with van der Waals surface area (Å²) in [7, 11) is 4.23. The number of hydrogen-bond acceptors (Lipinski definition) is 3. The molecule has 0 amide bonds. The van der Waals surface area contributed by atoms with Crippen LogP contribution in [0.25, 0.3) is 0 Å². The minimum absolute atomic E-state index is 0.0856. The number of nitrogens with zero attached hydrogens (tertiary/aromatic N) is 2. The molecule has 0 aromatic rings. The number of likely N-dealkylation sites (N-methyl/N-ethyl adjacent to an activating group) is 1. The van der Waals surface area contributed by atoms with Gasteiger partial charge in [-0.15, -0.1) is 0 Å². The molecule has 1 saturated heterocycles. The van der Waals surface area contributed by atoms with Crippen molar-refractivity contribution in [3.05, 3.63) is 0 Å². The lowest BCUT2D eigenvalue weighted by molar-refractivity contribution is -0.121. The summed E-state index contributed by atoms with van der Waals surface area (Å²) in [4.78, 5) is 15.8. The van der Waals surface area contributed by atoms with Gasteiger partial charge in [0.25, 0.3) is 0 Å². The second-order valence-corrected chi connectivity index (χ2v) is 4.75. The monoisotopic (exact) mass is 198 g/mol. The molecule has 1 aliphatic heterocycles. The zero-order valence-electron chi connectivity index (χ0n) is 9.95. The van der Waals surface area contributed by atoms with Crippen molar-refractivity contribution in [3.8, 4) is 0 Å². The maximum absolute atomic E-state index is 11.3. The average molecular weight is 198 g/mol. The van der Waals surface area contributed by atoms with Crippen LogP contribution in [0, 0.1) is 5.92 Å². The molecule has 0 saturated carbocycles. The number of rotatable bonds is 3. The highest BCUT2D eigenvalue weighted by atomic mass is 16.1. The normalized spacial score (nSPS) is 31.0. The predicted octanol–water partition coefficient (Wildman–Crippen LogP) is 0.846. The number of likely N-dealkylation sites (tertiary alicyclic amines) is 1. The Morgan fingerprint density at radius 2 is 2.00 bits per heavy atom. The molecule has 0 bridgehead atoms. The maximum atomic E-state index is 11.3. The molecule has 0 N–H and O–H groups in total. The van der Waals surface area contributed by atoms with E-state index in [9.17, 15) is 4.79 Å². The van der Waals surface area contributed by atoms with Gasteiger partial charge < -0.3 is 4.90 Å². The van der Waals surface area contributed by atoms with Gasteiger partial charge in [-0.1, -0.05) is 6.92 Å². The Kier molecular flexibility index (Phi) is 3.67. The van der Waals surface area contributed by atoms with Gasteiger partial charge in [0.05, 0.1) is 6.04 Å². The van der Waals surface area contributed by atoms with E-state index in [4.69, 9.17) is 0 Å². The van der Waals surface area contributed by atoms with Gasteiger partial charge in [0, 0.05) is 19.1 Å². The highest BCUT2D eigenvalue weighted by Crippen LogP contribution is 2.21. The highest BCUT2D eigenvalue weighted by molar-refractivity contribution is 5.81. The molecule has 3 nitrogen and oxygen atoms in total. The van der Waals surface area contributed by atoms with E-state index in [2.05, 4.69) is 30.8 Å². The molecule has 0 spiro atoms. The highest BCUT2D eigenvalue weighted by Gasteiger charge is 2.34. The van der Waals surface area contributed by atoms with Gasteiger partial charge in [-0.05, 0) is 33.9 Å². The fourth-order valence-corrected chi connectivity index (χ4v) is 2.23. The first-order valence-corrected chi connectivity index (χ1v) is 5.34. The molecule has 3 heteroatoms. The van der Waals surface area contributed by atoms with Crippen LogP contribution in [0.4, 0.5) is 0 Å². The zero-order valence-corrected chi connectivity index (χ0v) is 9.95. The molecule has 82 valence electrons. The van der Waals surface area contributed by atoms with Crippen molar-refractivity contribution in [2.45, 2.75) is 32.9 Å². The van der Waals surface area contributed by atoms with Gasteiger partial charge in [0.15, 0.2) is 0 Å². The van der Waals surface area contributed by atoms with E-state index >= 15 is 0 Å². The van der Waals surface area contributed by atoms with Crippen molar-refractivity contribution in [1.29, 1.82) is 0 Å². The second-order valence-electron chi connectivity index (χ2n) is 4.75. The molecule has 1 rings (SSSR count). The first-order valence-electron chi connectivity index (χ1n) is 5.34. The third-order valence-electron chi connectivity index (χ3n) is 3.40. The van der Waals surface area contributed by atoms with Gasteiger partial charge in [-0.3, -0.25) is 9.69 Å². The second kappa shape index (κ2) is 4.41. The Morgan fingerprint density at radius 3 is 2.36 bits per heavy atom. The fourth-order valence-electron chi connectivity index (χ4n) is 2.23. The van der Waals surface area contributed by atoms with E-state index in [0.29, 0.717) is 12.0 Å². The van der Waals surface area contributed by atoms with Crippen LogP contribution in [0.1, 0.15) is 20.8 Å². The van der Waals surface area contributed by atoms with E-state index in [1.54, 1.807) is 6.92 Å². The van der Waals surface area contributed by atoms with Gasteiger partial charge in [-0.25, -0.2) is 0 Å². The topological polar surface area (TPSA) is 23.6 Å². The smallest absolute Gasteiger partial charge is 0.146 e. The standard InChI is InChI=1S/C11H22N2O/c1-8-6-13(9(2)10(3)14)7-11(8)12(4)5/h8-9,11H,6-7H2,1-5H3. The van der Waals surface area contributed by atoms with E-state index in [0.717, 1.165) is 13.1 Å². The quantitative estimate of drug-likeness (QED) is 0.671.